The molecule has 1 aromatic rings. The second-order valence-electron chi connectivity index (χ2n) is 1.85. The van der Waals surface area contributed by atoms with Crippen molar-refractivity contribution in [3.8, 4) is 0 Å². The van der Waals surface area contributed by atoms with Gasteiger partial charge in [0, 0.05) is 6.20 Å². The molecule has 0 radical (unpaired) electrons. The summed E-state index contributed by atoms with van der Waals surface area (Å²) in [6.45, 7) is 4.00. The van der Waals surface area contributed by atoms with Crippen molar-refractivity contribution in [2.75, 3.05) is 0 Å². The Morgan fingerprint density at radius 3 is 2.31 bits per heavy atom. The molecule has 0 aromatic carbocycles. The SMILES string of the molecule is CC.O=C(O)C(=O)c1ccccn1. The number of carboxylic acids is 1. The van der Waals surface area contributed by atoms with Gasteiger partial charge in [0.2, 0.25) is 0 Å². The van der Waals surface area contributed by atoms with E-state index in [1.54, 1.807) is 12.1 Å². The number of ketones is 1. The van der Waals surface area contributed by atoms with Crippen LogP contribution in [0.5, 0.6) is 0 Å². The summed E-state index contributed by atoms with van der Waals surface area (Å²) in [6.07, 6.45) is 1.37. The van der Waals surface area contributed by atoms with Crippen molar-refractivity contribution >= 4 is 11.8 Å². The second kappa shape index (κ2) is 5.88. The zero-order chi connectivity index (χ0) is 10.3. The molecule has 70 valence electrons. The lowest BCUT2D eigenvalue weighted by molar-refractivity contribution is -0.131. The van der Waals surface area contributed by atoms with Crippen LogP contribution in [0.2, 0.25) is 0 Å². The van der Waals surface area contributed by atoms with Crippen LogP contribution in [0.1, 0.15) is 24.3 Å². The third-order valence-electron chi connectivity index (χ3n) is 1.09. The van der Waals surface area contributed by atoms with E-state index in [0.717, 1.165) is 0 Å². The zero-order valence-corrected chi connectivity index (χ0v) is 7.52. The van der Waals surface area contributed by atoms with Crippen molar-refractivity contribution < 1.29 is 14.7 Å². The number of aliphatic carboxylic acids is 1. The molecule has 0 bridgehead atoms. The van der Waals surface area contributed by atoms with Crippen LogP contribution in [-0.2, 0) is 4.79 Å². The third-order valence-corrected chi connectivity index (χ3v) is 1.09. The van der Waals surface area contributed by atoms with Crippen LogP contribution in [0.25, 0.3) is 0 Å². The number of aromatic nitrogens is 1. The average Bonchev–Trinajstić information content (AvgIpc) is 2.21. The monoisotopic (exact) mass is 181 g/mol. The first-order chi connectivity index (χ1) is 6.22. The number of Topliss-reactive ketones (excluding diaryl/α,β-unsaturated/α-hetero) is 1. The first-order valence-electron chi connectivity index (χ1n) is 3.90. The first kappa shape index (κ1) is 11.3. The van der Waals surface area contributed by atoms with E-state index < -0.39 is 11.8 Å². The Morgan fingerprint density at radius 2 is 1.92 bits per heavy atom. The highest BCUT2D eigenvalue weighted by molar-refractivity contribution is 6.39. The van der Waals surface area contributed by atoms with Gasteiger partial charge in [-0.2, -0.15) is 0 Å². The van der Waals surface area contributed by atoms with E-state index >= 15 is 0 Å². The van der Waals surface area contributed by atoms with Crippen molar-refractivity contribution in [1.29, 1.82) is 0 Å². The highest BCUT2D eigenvalue weighted by Gasteiger charge is 2.14. The summed E-state index contributed by atoms with van der Waals surface area (Å²) >= 11 is 0. The maximum atomic E-state index is 10.7. The van der Waals surface area contributed by atoms with Crippen molar-refractivity contribution in [2.24, 2.45) is 0 Å². The van der Waals surface area contributed by atoms with Crippen LogP contribution in [0.4, 0.5) is 0 Å². The highest BCUT2D eigenvalue weighted by Crippen LogP contribution is 1.94. The predicted molar refractivity (Wildman–Crippen MR) is 47.6 cm³/mol. The molecule has 4 nitrogen and oxygen atoms in total. The topological polar surface area (TPSA) is 67.3 Å². The van der Waals surface area contributed by atoms with Crippen molar-refractivity contribution in [2.45, 2.75) is 13.8 Å². The van der Waals surface area contributed by atoms with Crippen LogP contribution >= 0.6 is 0 Å². The average molecular weight is 181 g/mol. The minimum absolute atomic E-state index is 0.0417. The molecule has 0 saturated heterocycles. The quantitative estimate of drug-likeness (QED) is 0.552. The molecule has 0 aliphatic heterocycles. The fourth-order valence-corrected chi connectivity index (χ4v) is 0.607. The summed E-state index contributed by atoms with van der Waals surface area (Å²) < 4.78 is 0. The zero-order valence-electron chi connectivity index (χ0n) is 7.52. The molecule has 0 aliphatic rings. The van der Waals surface area contributed by atoms with E-state index in [-0.39, 0.29) is 5.69 Å². The number of carbonyl (C=O) groups is 2. The molecule has 0 aliphatic carbocycles. The van der Waals surface area contributed by atoms with Crippen LogP contribution in [0.3, 0.4) is 0 Å². The standard InChI is InChI=1S/C7H5NO3.C2H6/c9-6(7(10)11)5-3-1-2-4-8-5;1-2/h1-4H,(H,10,11);1-2H3. The lowest BCUT2D eigenvalue weighted by Crippen LogP contribution is -2.13. The number of pyridine rings is 1. The Labute approximate surface area is 76.2 Å². The minimum atomic E-state index is -1.48. The van der Waals surface area contributed by atoms with E-state index in [1.165, 1.54) is 12.3 Å². The van der Waals surface area contributed by atoms with Gasteiger partial charge in [0.1, 0.15) is 5.69 Å². The summed E-state index contributed by atoms with van der Waals surface area (Å²) in [6, 6.07) is 4.53. The number of nitrogens with zero attached hydrogens (tertiary/aromatic N) is 1. The van der Waals surface area contributed by atoms with Crippen LogP contribution < -0.4 is 0 Å². The van der Waals surface area contributed by atoms with Crippen LogP contribution in [-0.4, -0.2) is 21.8 Å². The summed E-state index contributed by atoms with van der Waals surface area (Å²) in [7, 11) is 0. The van der Waals surface area contributed by atoms with Gasteiger partial charge in [-0.15, -0.1) is 0 Å². The molecule has 4 heteroatoms. The lowest BCUT2D eigenvalue weighted by atomic mass is 10.2. The van der Waals surface area contributed by atoms with Crippen molar-refractivity contribution in [1.82, 2.24) is 4.98 Å². The van der Waals surface area contributed by atoms with Gasteiger partial charge in [-0.25, -0.2) is 4.79 Å². The number of carboxylic acid groups (broad SMARTS) is 1. The molecule has 0 amide bonds. The molecule has 0 unspecified atom stereocenters. The molecule has 0 saturated carbocycles. The molecular weight excluding hydrogens is 170 g/mol. The summed E-state index contributed by atoms with van der Waals surface area (Å²) in [5, 5.41) is 8.25. The molecule has 0 spiro atoms. The molecule has 0 atom stereocenters. The molecule has 0 fully saturated rings. The smallest absolute Gasteiger partial charge is 0.378 e. The van der Waals surface area contributed by atoms with E-state index in [4.69, 9.17) is 5.11 Å². The van der Waals surface area contributed by atoms with E-state index in [1.807, 2.05) is 13.8 Å². The largest absolute Gasteiger partial charge is 0.475 e. The molecule has 1 aromatic heterocycles. The van der Waals surface area contributed by atoms with Gasteiger partial charge in [-0.3, -0.25) is 9.78 Å². The van der Waals surface area contributed by atoms with Gasteiger partial charge < -0.3 is 5.11 Å². The van der Waals surface area contributed by atoms with Crippen LogP contribution in [0.15, 0.2) is 24.4 Å². The highest BCUT2D eigenvalue weighted by atomic mass is 16.4. The molecule has 1 heterocycles. The summed E-state index contributed by atoms with van der Waals surface area (Å²) in [5.74, 6) is -2.46. The van der Waals surface area contributed by atoms with Gasteiger partial charge in [-0.1, -0.05) is 19.9 Å². The maximum absolute atomic E-state index is 10.7. The van der Waals surface area contributed by atoms with Gasteiger partial charge in [0.15, 0.2) is 0 Å². The van der Waals surface area contributed by atoms with Crippen LogP contribution in [0, 0.1) is 0 Å². The van der Waals surface area contributed by atoms with Gasteiger partial charge >= 0.3 is 5.97 Å². The summed E-state index contributed by atoms with van der Waals surface area (Å²) in [4.78, 5) is 24.4. The normalized spacial score (nSPS) is 8.15. The summed E-state index contributed by atoms with van der Waals surface area (Å²) in [5.41, 5.74) is -0.0417. The Morgan fingerprint density at radius 1 is 1.31 bits per heavy atom. The number of hydrogen-bond donors (Lipinski definition) is 1. The Bertz CT molecular complexity index is 282. The second-order valence-corrected chi connectivity index (χ2v) is 1.85. The first-order valence-corrected chi connectivity index (χ1v) is 3.90. The lowest BCUT2D eigenvalue weighted by Gasteiger charge is -1.90. The molecular formula is C9H11NO3. The predicted octanol–water partition coefficient (Wildman–Crippen LogP) is 1.38. The van der Waals surface area contributed by atoms with Crippen molar-refractivity contribution in [3.63, 3.8) is 0 Å². The third kappa shape index (κ3) is 3.46. The minimum Gasteiger partial charge on any atom is -0.475 e. The fourth-order valence-electron chi connectivity index (χ4n) is 0.607. The number of rotatable bonds is 2. The Kier molecular flexibility index (Phi) is 5.11. The van der Waals surface area contributed by atoms with Gasteiger partial charge in [-0.05, 0) is 12.1 Å². The van der Waals surface area contributed by atoms with E-state index in [0.29, 0.717) is 0 Å². The molecule has 1 rings (SSSR count). The van der Waals surface area contributed by atoms with Gasteiger partial charge in [0.25, 0.3) is 5.78 Å². The Balaban J connectivity index is 0.000000671. The maximum Gasteiger partial charge on any atom is 0.378 e. The fraction of sp³-hybridized carbons (Fsp3) is 0.222. The van der Waals surface area contributed by atoms with E-state index in [2.05, 4.69) is 4.98 Å². The number of carbonyl (C=O) groups excluding carboxylic acids is 1. The molecule has 1 N–H and O–H groups in total. The van der Waals surface area contributed by atoms with Gasteiger partial charge in [0.05, 0.1) is 0 Å². The number of hydrogen-bond acceptors (Lipinski definition) is 3. The van der Waals surface area contributed by atoms with E-state index in [9.17, 15) is 9.59 Å². The molecule has 13 heavy (non-hydrogen) atoms. The van der Waals surface area contributed by atoms with Crippen molar-refractivity contribution in [3.05, 3.63) is 30.1 Å². The Hall–Kier alpha value is -1.71.